The molecular weight excluding hydrogens is 371 g/mol. The molecule has 0 spiro atoms. The second kappa shape index (κ2) is 9.64. The molecule has 3 rings (SSSR count). The number of nitrogens with zero attached hydrogens (tertiary/aromatic N) is 2. The van der Waals surface area contributed by atoms with E-state index in [9.17, 15) is 9.18 Å². The lowest BCUT2D eigenvalue weighted by molar-refractivity contribution is 0.102. The lowest BCUT2D eigenvalue weighted by atomic mass is 10.1. The van der Waals surface area contributed by atoms with Crippen molar-refractivity contribution < 1.29 is 13.9 Å². The van der Waals surface area contributed by atoms with Crippen LogP contribution in [-0.2, 0) is 6.42 Å². The molecule has 0 atom stereocenters. The lowest BCUT2D eigenvalue weighted by Crippen LogP contribution is -2.16. The number of para-hydroxylation sites is 2. The van der Waals surface area contributed by atoms with Crippen molar-refractivity contribution in [3.63, 3.8) is 0 Å². The molecule has 0 radical (unpaired) electrons. The van der Waals surface area contributed by atoms with Gasteiger partial charge in [0.15, 0.2) is 0 Å². The zero-order valence-corrected chi connectivity index (χ0v) is 16.4. The number of amides is 1. The van der Waals surface area contributed by atoms with Crippen LogP contribution in [0.3, 0.4) is 0 Å². The number of aromatic nitrogens is 2. The highest BCUT2D eigenvalue weighted by molar-refractivity contribution is 6.04. The maximum Gasteiger partial charge on any atom is 0.274 e. The summed E-state index contributed by atoms with van der Waals surface area (Å²) in [5.41, 5.74) is 1.83. The third-order valence-corrected chi connectivity index (χ3v) is 4.03. The molecule has 1 amide bonds. The smallest absolute Gasteiger partial charge is 0.274 e. The Morgan fingerprint density at radius 1 is 1.10 bits per heavy atom. The number of carbonyl (C=O) groups is 1. The Hall–Kier alpha value is -3.48. The summed E-state index contributed by atoms with van der Waals surface area (Å²) in [6, 6.07) is 15.2. The molecule has 3 aromatic rings. The van der Waals surface area contributed by atoms with Crippen LogP contribution < -0.4 is 15.4 Å². The number of benzene rings is 2. The van der Waals surface area contributed by atoms with Crippen LogP contribution in [0.1, 0.15) is 29.9 Å². The highest BCUT2D eigenvalue weighted by Crippen LogP contribution is 2.25. The predicted molar refractivity (Wildman–Crippen MR) is 111 cm³/mol. The van der Waals surface area contributed by atoms with Gasteiger partial charge in [-0.05, 0) is 50.1 Å². The largest absolute Gasteiger partial charge is 0.489 e. The van der Waals surface area contributed by atoms with Crippen molar-refractivity contribution in [2.24, 2.45) is 0 Å². The fraction of sp³-hybridized carbons (Fsp3) is 0.227. The lowest BCUT2D eigenvalue weighted by Gasteiger charge is -2.14. The van der Waals surface area contributed by atoms with E-state index in [1.54, 1.807) is 30.3 Å². The van der Waals surface area contributed by atoms with Gasteiger partial charge in [0.05, 0.1) is 11.8 Å². The Balaban J connectivity index is 1.61. The number of hydrogen-bond acceptors (Lipinski definition) is 5. The molecule has 1 heterocycles. The molecule has 0 bridgehead atoms. The molecule has 2 N–H and O–H groups in total. The zero-order chi connectivity index (χ0) is 20.6. The molecule has 0 aliphatic heterocycles. The van der Waals surface area contributed by atoms with Crippen LogP contribution >= 0.6 is 0 Å². The molecule has 0 aliphatic rings. The molecule has 0 saturated carbocycles. The highest BCUT2D eigenvalue weighted by atomic mass is 19.1. The van der Waals surface area contributed by atoms with Gasteiger partial charge in [0.2, 0.25) is 0 Å². The third kappa shape index (κ3) is 6.00. The van der Waals surface area contributed by atoms with E-state index < -0.39 is 0 Å². The van der Waals surface area contributed by atoms with Gasteiger partial charge in [-0.3, -0.25) is 4.79 Å². The van der Waals surface area contributed by atoms with Gasteiger partial charge < -0.3 is 15.4 Å². The van der Waals surface area contributed by atoms with Gasteiger partial charge in [-0.25, -0.2) is 14.4 Å². The van der Waals surface area contributed by atoms with Crippen molar-refractivity contribution in [3.8, 4) is 5.75 Å². The summed E-state index contributed by atoms with van der Waals surface area (Å²) in [7, 11) is 0. The average molecular weight is 394 g/mol. The summed E-state index contributed by atoms with van der Waals surface area (Å²) in [6.07, 6.45) is 2.03. The van der Waals surface area contributed by atoms with Gasteiger partial charge in [-0.15, -0.1) is 0 Å². The van der Waals surface area contributed by atoms with Crippen LogP contribution in [0.25, 0.3) is 0 Å². The van der Waals surface area contributed by atoms with E-state index in [1.807, 2.05) is 26.0 Å². The topological polar surface area (TPSA) is 76.1 Å². The van der Waals surface area contributed by atoms with Crippen LogP contribution in [0.15, 0.2) is 60.9 Å². The zero-order valence-electron chi connectivity index (χ0n) is 16.4. The number of carbonyl (C=O) groups excluding carboxylic acids is 1. The number of hydrogen-bond donors (Lipinski definition) is 2. The van der Waals surface area contributed by atoms with E-state index in [0.29, 0.717) is 30.2 Å². The van der Waals surface area contributed by atoms with Gasteiger partial charge in [0.25, 0.3) is 5.91 Å². The summed E-state index contributed by atoms with van der Waals surface area (Å²) in [5.74, 6) is 0.531. The minimum atomic E-state index is -0.353. The summed E-state index contributed by atoms with van der Waals surface area (Å²) in [6.45, 7) is 4.44. The van der Waals surface area contributed by atoms with E-state index >= 15 is 0 Å². The molecule has 7 heteroatoms. The predicted octanol–water partition coefficient (Wildman–Crippen LogP) is 4.31. The quantitative estimate of drug-likeness (QED) is 0.595. The molecule has 0 fully saturated rings. The second-order valence-corrected chi connectivity index (χ2v) is 6.71. The molecule has 0 saturated heterocycles. The van der Waals surface area contributed by atoms with Crippen LogP contribution in [0.2, 0.25) is 0 Å². The van der Waals surface area contributed by atoms with Crippen LogP contribution in [-0.4, -0.2) is 28.5 Å². The van der Waals surface area contributed by atoms with E-state index in [-0.39, 0.29) is 23.5 Å². The Morgan fingerprint density at radius 2 is 1.86 bits per heavy atom. The van der Waals surface area contributed by atoms with E-state index in [1.165, 1.54) is 18.5 Å². The normalized spacial score (nSPS) is 10.6. The van der Waals surface area contributed by atoms with Gasteiger partial charge >= 0.3 is 0 Å². The van der Waals surface area contributed by atoms with Crippen molar-refractivity contribution in [2.45, 2.75) is 26.4 Å². The Kier molecular flexibility index (Phi) is 6.73. The maximum atomic E-state index is 13.0. The first-order valence-electron chi connectivity index (χ1n) is 9.38. The Bertz CT molecular complexity index is 961. The Labute approximate surface area is 169 Å². The van der Waals surface area contributed by atoms with Crippen molar-refractivity contribution in [2.75, 3.05) is 17.2 Å². The molecule has 0 unspecified atom stereocenters. The number of ether oxygens (including phenoxy) is 1. The summed E-state index contributed by atoms with van der Waals surface area (Å²) < 4.78 is 18.7. The van der Waals surface area contributed by atoms with E-state index in [2.05, 4.69) is 20.6 Å². The van der Waals surface area contributed by atoms with Crippen molar-refractivity contribution in [1.82, 2.24) is 9.97 Å². The first-order chi connectivity index (χ1) is 14.0. The summed E-state index contributed by atoms with van der Waals surface area (Å²) in [4.78, 5) is 20.8. The fourth-order valence-corrected chi connectivity index (χ4v) is 2.68. The fourth-order valence-electron chi connectivity index (χ4n) is 2.68. The minimum absolute atomic E-state index is 0.0102. The first-order valence-corrected chi connectivity index (χ1v) is 9.38. The molecule has 1 aromatic heterocycles. The molecule has 150 valence electrons. The number of anilines is 2. The molecular formula is C22H23FN4O2. The highest BCUT2D eigenvalue weighted by Gasteiger charge is 2.12. The summed E-state index contributed by atoms with van der Waals surface area (Å²) in [5, 5.41) is 5.98. The molecule has 0 aliphatic carbocycles. The van der Waals surface area contributed by atoms with Crippen LogP contribution in [0.4, 0.5) is 15.9 Å². The average Bonchev–Trinajstić information content (AvgIpc) is 2.71. The maximum absolute atomic E-state index is 13.0. The molecule has 29 heavy (non-hydrogen) atoms. The second-order valence-electron chi connectivity index (χ2n) is 6.71. The van der Waals surface area contributed by atoms with Gasteiger partial charge in [0.1, 0.15) is 29.4 Å². The van der Waals surface area contributed by atoms with Crippen molar-refractivity contribution in [3.05, 3.63) is 78.0 Å². The number of rotatable bonds is 8. The summed E-state index contributed by atoms with van der Waals surface area (Å²) >= 11 is 0. The van der Waals surface area contributed by atoms with Crippen LogP contribution in [0.5, 0.6) is 5.75 Å². The van der Waals surface area contributed by atoms with Gasteiger partial charge in [-0.2, -0.15) is 0 Å². The SMILES string of the molecule is CC(C)Oc1ccccc1NC(=O)c1cc(NCCc2ccc(F)cc2)ncn1. The first kappa shape index (κ1) is 20.3. The van der Waals surface area contributed by atoms with E-state index in [0.717, 1.165) is 5.56 Å². The minimum Gasteiger partial charge on any atom is -0.489 e. The molecule has 2 aromatic carbocycles. The monoisotopic (exact) mass is 394 g/mol. The molecule has 6 nitrogen and oxygen atoms in total. The third-order valence-electron chi connectivity index (χ3n) is 4.03. The Morgan fingerprint density at radius 3 is 2.62 bits per heavy atom. The van der Waals surface area contributed by atoms with Crippen molar-refractivity contribution in [1.29, 1.82) is 0 Å². The van der Waals surface area contributed by atoms with Crippen LogP contribution in [0, 0.1) is 5.82 Å². The standard InChI is InChI=1S/C22H23FN4O2/c1-15(2)29-20-6-4-3-5-18(20)27-22(28)19-13-21(26-14-25-19)24-12-11-16-7-9-17(23)10-8-16/h3-10,13-15H,11-12H2,1-2H3,(H,27,28)(H,24,25,26). The van der Waals surface area contributed by atoms with Crippen molar-refractivity contribution >= 4 is 17.4 Å². The van der Waals surface area contributed by atoms with E-state index in [4.69, 9.17) is 4.74 Å². The van der Waals surface area contributed by atoms with Gasteiger partial charge in [-0.1, -0.05) is 24.3 Å². The number of nitrogens with one attached hydrogen (secondary N) is 2. The number of halogens is 1. The van der Waals surface area contributed by atoms with Gasteiger partial charge in [0, 0.05) is 12.6 Å².